The average molecular weight is 1030 g/mol. The highest BCUT2D eigenvalue weighted by molar-refractivity contribution is 7.47. The Morgan fingerprint density at radius 3 is 2.51 bits per heavy atom. The van der Waals surface area contributed by atoms with Gasteiger partial charge < -0.3 is 40.6 Å². The molecule has 3 saturated carbocycles. The topological polar surface area (TPSA) is 256 Å². The lowest BCUT2D eigenvalue weighted by molar-refractivity contribution is -0.200. The van der Waals surface area contributed by atoms with Crippen LogP contribution in [0.3, 0.4) is 0 Å². The van der Waals surface area contributed by atoms with E-state index in [1.54, 1.807) is 36.4 Å². The minimum Gasteiger partial charge on any atom is -0.393 e. The summed E-state index contributed by atoms with van der Waals surface area (Å²) in [6.07, 6.45) is 11.1. The van der Waals surface area contributed by atoms with Gasteiger partial charge in [0.25, 0.3) is 0 Å². The van der Waals surface area contributed by atoms with E-state index in [4.69, 9.17) is 29.0 Å². The van der Waals surface area contributed by atoms with Crippen LogP contribution < -0.4 is 16.4 Å². The molecule has 1 heterocycles. The Morgan fingerprint density at radius 2 is 1.78 bits per heavy atom. The number of ketones is 4. The van der Waals surface area contributed by atoms with Gasteiger partial charge >= 0.3 is 13.9 Å². The number of hydrogen-bond acceptors (Lipinski definition) is 13. The molecule has 73 heavy (non-hydrogen) atoms. The number of hydrogen-bond donors (Lipinski definition) is 5. The van der Waals surface area contributed by atoms with Crippen molar-refractivity contribution in [2.24, 2.45) is 46.2 Å². The van der Waals surface area contributed by atoms with Gasteiger partial charge in [-0.1, -0.05) is 89.3 Å². The number of amides is 3. The monoisotopic (exact) mass is 1030 g/mol. The van der Waals surface area contributed by atoms with E-state index >= 15 is 0 Å². The molecule has 0 spiro atoms. The minimum atomic E-state index is -4.83. The maximum absolute atomic E-state index is 14.7. The average Bonchev–Trinajstić information content (AvgIpc) is 3.81. The molecule has 1 saturated heterocycles. The summed E-state index contributed by atoms with van der Waals surface area (Å²) in [5, 5.41) is 17.4. The number of Topliss-reactive ketones (excluding diaryl/α,β-unsaturated/α-hetero) is 3. The maximum atomic E-state index is 14.7. The Labute approximate surface area is 429 Å². The number of nitrogens with one attached hydrogen (secondary N) is 2. The number of aliphatic hydroxyl groups is 1. The molecule has 1 aromatic carbocycles. The Kier molecular flexibility index (Phi) is 18.6. The molecule has 3 unspecified atom stereocenters. The van der Waals surface area contributed by atoms with Crippen LogP contribution in [0.5, 0.6) is 0 Å². The van der Waals surface area contributed by atoms with Crippen LogP contribution in [0.25, 0.3) is 0 Å². The molecule has 18 heteroatoms. The molecule has 1 aromatic rings. The highest BCUT2D eigenvalue weighted by Gasteiger charge is 2.76. The van der Waals surface area contributed by atoms with Crippen LogP contribution >= 0.6 is 7.82 Å². The van der Waals surface area contributed by atoms with Crippen LogP contribution in [-0.2, 0) is 64.8 Å². The van der Waals surface area contributed by atoms with E-state index in [2.05, 4.69) is 29.4 Å². The number of fused-ring (bicyclic) bond motifs is 7. The molecule has 0 bridgehead atoms. The van der Waals surface area contributed by atoms with Crippen LogP contribution in [0.4, 0.5) is 4.79 Å². The van der Waals surface area contributed by atoms with E-state index in [-0.39, 0.29) is 92.6 Å². The first-order valence-electron chi connectivity index (χ1n) is 26.4. The summed E-state index contributed by atoms with van der Waals surface area (Å²) in [6.45, 7) is 8.55. The second-order valence-electron chi connectivity index (χ2n) is 21.8. The van der Waals surface area contributed by atoms with E-state index in [0.29, 0.717) is 36.8 Å². The molecule has 6 N–H and O–H groups in total. The second-order valence-corrected chi connectivity index (χ2v) is 23.3. The summed E-state index contributed by atoms with van der Waals surface area (Å²) in [4.78, 5) is 89.9. The van der Waals surface area contributed by atoms with Crippen LogP contribution in [0.15, 0.2) is 48.1 Å². The van der Waals surface area contributed by atoms with Gasteiger partial charge in [-0.05, 0) is 105 Å². The number of carbonyl (C=O) groups is 6. The number of rotatable bonds is 24. The largest absolute Gasteiger partial charge is 0.472 e. The molecule has 0 aromatic heterocycles. The summed E-state index contributed by atoms with van der Waals surface area (Å²) in [7, 11) is -4.83. The smallest absolute Gasteiger partial charge is 0.393 e. The van der Waals surface area contributed by atoms with Gasteiger partial charge in [0.15, 0.2) is 35.0 Å². The SMILES string of the molecule is CCCC1O[C@@H]2C[C@H]3[C@@H]4CCC5=CC(=O)C=C[C@]5(C)[C@H]4[C@@H](O)C[C@]3(C)[C@]2(C(=O)COP(=O)(O)OCc2ccc(CC(=O)[C@H](CCCNC(N)=O)NC(=O)[C@@H](CC(=O)COC3C#CCCCCC3)C(C)C)cc2)O1. The predicted octanol–water partition coefficient (Wildman–Crippen LogP) is 6.69. The number of allylic oxidation sites excluding steroid dienone is 4. The van der Waals surface area contributed by atoms with Crippen molar-refractivity contribution in [3.63, 3.8) is 0 Å². The molecule has 5 aliphatic carbocycles. The van der Waals surface area contributed by atoms with Crippen molar-refractivity contribution in [2.75, 3.05) is 19.8 Å². The lowest BCUT2D eigenvalue weighted by atomic mass is 9.46. The third kappa shape index (κ3) is 12.8. The number of phosphoric ester groups is 1. The molecule has 1 aliphatic heterocycles. The quantitative estimate of drug-likeness (QED) is 0.0411. The lowest BCUT2D eigenvalue weighted by Gasteiger charge is -2.59. The van der Waals surface area contributed by atoms with Gasteiger partial charge in [-0.25, -0.2) is 9.36 Å². The third-order valence-corrected chi connectivity index (χ3v) is 17.5. The molecule has 6 aliphatic rings. The van der Waals surface area contributed by atoms with Crippen LogP contribution in [0, 0.1) is 52.3 Å². The summed E-state index contributed by atoms with van der Waals surface area (Å²) >= 11 is 0. The number of phosphoric acid groups is 1. The summed E-state index contributed by atoms with van der Waals surface area (Å²) in [6, 6.07) is 4.90. The highest BCUT2D eigenvalue weighted by atomic mass is 31.2. The van der Waals surface area contributed by atoms with E-state index in [1.807, 2.05) is 33.8 Å². The van der Waals surface area contributed by atoms with Crippen molar-refractivity contribution < 1.29 is 66.6 Å². The first kappa shape index (κ1) is 56.4. The Bertz CT molecular complexity index is 2400. The van der Waals surface area contributed by atoms with Crippen molar-refractivity contribution in [2.45, 2.75) is 174 Å². The van der Waals surface area contributed by atoms with Crippen molar-refractivity contribution in [3.05, 3.63) is 59.2 Å². The molecule has 3 amide bonds. The van der Waals surface area contributed by atoms with Gasteiger partial charge in [-0.2, -0.15) is 0 Å². The standard InChI is InChI=1S/C55H76N3O14P/c1-6-13-49-71-48-29-43-41-22-21-37-27-38(59)23-24-53(37,4)50(41)46(62)30-54(43,5)55(48,72-49)47(63)33-70-73(66,67)69-31-36-19-17-35(18-20-36)26-45(61)44(16-12-25-57-52(56)65)58-51(64)42(34(2)3)28-39(60)32-68-40-14-10-8-7-9-11-15-40/h17-20,23-24,27,34,40-44,46,48-50,62H,6-10,12-14,16,21-22,25-26,28-33H2,1-5H3,(H,58,64)(H,66,67)(H3,56,57,65)/t40?,41-,42-,43-,44-,46-,48+,49?,50+,53-,54-,55+/m0/s1. The number of benzene rings is 1. The fourth-order valence-corrected chi connectivity index (χ4v) is 13.5. The number of ether oxygens (including phenoxy) is 3. The Hall–Kier alpha value is -4.37. The van der Waals surface area contributed by atoms with Crippen LogP contribution in [0.2, 0.25) is 0 Å². The van der Waals surface area contributed by atoms with Gasteiger partial charge in [-0.15, -0.1) is 5.92 Å². The summed E-state index contributed by atoms with van der Waals surface area (Å²) in [5.41, 5.74) is 4.34. The van der Waals surface area contributed by atoms with E-state index < -0.39 is 79.0 Å². The van der Waals surface area contributed by atoms with Crippen LogP contribution in [0.1, 0.15) is 136 Å². The number of nitrogens with two attached hydrogens (primary N) is 1. The maximum Gasteiger partial charge on any atom is 0.472 e. The van der Waals surface area contributed by atoms with Gasteiger partial charge in [0.2, 0.25) is 5.91 Å². The van der Waals surface area contributed by atoms with E-state index in [9.17, 15) is 43.3 Å². The fourth-order valence-electron chi connectivity index (χ4n) is 12.9. The van der Waals surface area contributed by atoms with Crippen molar-refractivity contribution in [3.8, 4) is 11.8 Å². The molecule has 17 nitrogen and oxygen atoms in total. The van der Waals surface area contributed by atoms with E-state index in [1.165, 1.54) is 0 Å². The Balaban J connectivity index is 0.951. The van der Waals surface area contributed by atoms with Crippen molar-refractivity contribution in [1.82, 2.24) is 10.6 Å². The highest BCUT2D eigenvalue weighted by Crippen LogP contribution is 2.70. The summed E-state index contributed by atoms with van der Waals surface area (Å²) < 4.78 is 43.2. The van der Waals surface area contributed by atoms with Crippen molar-refractivity contribution in [1.29, 1.82) is 0 Å². The number of urea groups is 1. The number of aliphatic hydroxyl groups excluding tert-OH is 1. The second kappa shape index (κ2) is 24.1. The lowest BCUT2D eigenvalue weighted by Crippen LogP contribution is -2.63. The minimum absolute atomic E-state index is 0.00816. The number of primary amides is 1. The zero-order valence-corrected chi connectivity index (χ0v) is 44.0. The first-order valence-corrected chi connectivity index (χ1v) is 27.9. The normalized spacial score (nSPS) is 31.9. The molecule has 7 rings (SSSR count). The zero-order chi connectivity index (χ0) is 52.7. The number of carbonyl (C=O) groups excluding carboxylic acids is 6. The van der Waals surface area contributed by atoms with Crippen molar-refractivity contribution >= 4 is 42.9 Å². The molecule has 13 atom stereocenters. The predicted molar refractivity (Wildman–Crippen MR) is 269 cm³/mol. The van der Waals surface area contributed by atoms with Crippen LogP contribution in [-0.4, -0.2) is 101 Å². The summed E-state index contributed by atoms with van der Waals surface area (Å²) in [5.74, 6) is 3.35. The molecule has 400 valence electrons. The first-order chi connectivity index (χ1) is 34.7. The Morgan fingerprint density at radius 1 is 1.03 bits per heavy atom. The van der Waals surface area contributed by atoms with Gasteiger partial charge in [0.05, 0.1) is 24.9 Å². The third-order valence-electron chi connectivity index (χ3n) is 16.6. The molecular formula is C55H76N3O14P. The zero-order valence-electron chi connectivity index (χ0n) is 43.1. The fraction of sp³-hybridized carbons (Fsp3) is 0.673. The molecule has 0 radical (unpaired) electrons. The van der Waals surface area contributed by atoms with Gasteiger partial charge in [0, 0.05) is 48.5 Å². The van der Waals surface area contributed by atoms with E-state index in [0.717, 1.165) is 50.5 Å². The molecule has 4 fully saturated rings. The van der Waals surface area contributed by atoms with Gasteiger partial charge in [0.1, 0.15) is 19.3 Å². The van der Waals surface area contributed by atoms with Gasteiger partial charge in [-0.3, -0.25) is 33.0 Å². The molecular weight excluding hydrogens is 958 g/mol.